The van der Waals surface area contributed by atoms with Crippen LogP contribution in [-0.2, 0) is 5.41 Å². The third-order valence-electron chi connectivity index (χ3n) is 8.31. The van der Waals surface area contributed by atoms with Crippen LogP contribution in [0.2, 0.25) is 0 Å². The summed E-state index contributed by atoms with van der Waals surface area (Å²) >= 11 is 1.80. The SMILES string of the molecule is C=Cc1sc2c3cc4c(cc3n(-c3ccc5c6ccccc6nn5c3)c2c1C=C)-c1ccccc1C4(C)C. The van der Waals surface area contributed by atoms with Gasteiger partial charge in [0.05, 0.1) is 38.7 Å². The van der Waals surface area contributed by atoms with Crippen LogP contribution in [0.1, 0.15) is 35.4 Å². The van der Waals surface area contributed by atoms with Crippen LogP contribution < -0.4 is 0 Å². The van der Waals surface area contributed by atoms with Crippen molar-refractivity contribution in [2.45, 2.75) is 19.3 Å². The van der Waals surface area contributed by atoms with E-state index in [1.165, 1.54) is 43.4 Å². The number of benzene rings is 3. The highest BCUT2D eigenvalue weighted by Gasteiger charge is 2.36. The number of thiophene rings is 1. The molecule has 1 aliphatic carbocycles. The molecular formula is C34H25N3S. The first-order valence-electron chi connectivity index (χ1n) is 12.9. The predicted octanol–water partition coefficient (Wildman–Crippen LogP) is 9.24. The minimum absolute atomic E-state index is 0.0532. The fourth-order valence-electron chi connectivity index (χ4n) is 6.50. The smallest absolute Gasteiger partial charge is 0.0933 e. The molecule has 1 aliphatic rings. The Kier molecular flexibility index (Phi) is 4.18. The normalized spacial score (nSPS) is 13.9. The molecule has 38 heavy (non-hydrogen) atoms. The van der Waals surface area contributed by atoms with Crippen molar-refractivity contribution >= 4 is 61.0 Å². The van der Waals surface area contributed by atoms with Crippen LogP contribution in [0.5, 0.6) is 0 Å². The van der Waals surface area contributed by atoms with Crippen molar-refractivity contribution in [3.05, 3.63) is 114 Å². The number of hydrogen-bond donors (Lipinski definition) is 0. The quantitative estimate of drug-likeness (QED) is 0.234. The molecule has 0 fully saturated rings. The highest BCUT2D eigenvalue weighted by Crippen LogP contribution is 2.52. The Labute approximate surface area is 224 Å². The summed E-state index contributed by atoms with van der Waals surface area (Å²) in [6.45, 7) is 13.0. The van der Waals surface area contributed by atoms with E-state index >= 15 is 0 Å². The summed E-state index contributed by atoms with van der Waals surface area (Å²) in [4.78, 5) is 1.15. The fourth-order valence-corrected chi connectivity index (χ4v) is 7.66. The lowest BCUT2D eigenvalue weighted by Gasteiger charge is -2.21. The molecule has 0 bridgehead atoms. The summed E-state index contributed by atoms with van der Waals surface area (Å²) < 4.78 is 5.67. The summed E-state index contributed by atoms with van der Waals surface area (Å²) in [7, 11) is 0. The molecule has 7 aromatic rings. The molecule has 8 rings (SSSR count). The Morgan fingerprint density at radius 2 is 1.63 bits per heavy atom. The first kappa shape index (κ1) is 21.7. The van der Waals surface area contributed by atoms with E-state index < -0.39 is 0 Å². The van der Waals surface area contributed by atoms with Gasteiger partial charge in [-0.2, -0.15) is 5.10 Å². The van der Waals surface area contributed by atoms with Gasteiger partial charge in [0.1, 0.15) is 0 Å². The number of nitrogens with zero attached hydrogens (tertiary/aromatic N) is 3. The van der Waals surface area contributed by atoms with Crippen LogP contribution in [-0.4, -0.2) is 14.2 Å². The Balaban J connectivity index is 1.52. The Morgan fingerprint density at radius 1 is 0.816 bits per heavy atom. The van der Waals surface area contributed by atoms with Gasteiger partial charge in [0, 0.05) is 26.6 Å². The van der Waals surface area contributed by atoms with Crippen LogP contribution in [0.15, 0.2) is 92.2 Å². The number of fused-ring (bicyclic) bond motifs is 9. The molecule has 3 aromatic carbocycles. The van der Waals surface area contributed by atoms with Crippen molar-refractivity contribution in [3.63, 3.8) is 0 Å². The van der Waals surface area contributed by atoms with E-state index in [-0.39, 0.29) is 5.41 Å². The molecule has 0 N–H and O–H groups in total. The van der Waals surface area contributed by atoms with Gasteiger partial charge in [-0.1, -0.05) is 81.6 Å². The Bertz CT molecular complexity index is 2150. The average molecular weight is 508 g/mol. The maximum atomic E-state index is 4.89. The lowest BCUT2D eigenvalue weighted by Crippen LogP contribution is -2.14. The molecule has 0 radical (unpaired) electrons. The fraction of sp³-hybridized carbons (Fsp3) is 0.0882. The highest BCUT2D eigenvalue weighted by molar-refractivity contribution is 7.21. The monoisotopic (exact) mass is 507 g/mol. The van der Waals surface area contributed by atoms with E-state index in [1.807, 2.05) is 22.7 Å². The second-order valence-electron chi connectivity index (χ2n) is 10.6. The van der Waals surface area contributed by atoms with Gasteiger partial charge in [-0.3, -0.25) is 0 Å². The molecule has 3 nitrogen and oxygen atoms in total. The first-order valence-corrected chi connectivity index (χ1v) is 13.7. The first-order chi connectivity index (χ1) is 18.5. The molecular weight excluding hydrogens is 482 g/mol. The minimum atomic E-state index is -0.0532. The predicted molar refractivity (Wildman–Crippen MR) is 163 cm³/mol. The second-order valence-corrected chi connectivity index (χ2v) is 11.7. The molecule has 4 heterocycles. The molecule has 0 spiro atoms. The van der Waals surface area contributed by atoms with Crippen molar-refractivity contribution in [1.29, 1.82) is 0 Å². The summed E-state index contributed by atoms with van der Waals surface area (Å²) in [5.41, 5.74) is 12.1. The van der Waals surface area contributed by atoms with E-state index in [4.69, 9.17) is 5.10 Å². The minimum Gasteiger partial charge on any atom is -0.306 e. The van der Waals surface area contributed by atoms with Crippen molar-refractivity contribution in [3.8, 4) is 16.8 Å². The number of rotatable bonds is 3. The maximum Gasteiger partial charge on any atom is 0.0933 e. The average Bonchev–Trinajstić information content (AvgIpc) is 3.64. The molecule has 182 valence electrons. The summed E-state index contributed by atoms with van der Waals surface area (Å²) in [6, 6.07) is 26.4. The molecule has 0 aliphatic heterocycles. The summed E-state index contributed by atoms with van der Waals surface area (Å²) in [6.07, 6.45) is 6.07. The lowest BCUT2D eigenvalue weighted by atomic mass is 9.82. The standard InChI is InChI=1S/C34H25N3S/c1-5-21-31(6-2)38-33-25-17-27-24(22-11-7-9-13-26(22)34(27,3)4)18-30(25)37(32(21)33)20-15-16-29-23-12-8-10-14-28(23)35-36(29)19-20/h5-19H,1-2H2,3-4H3. The zero-order valence-corrected chi connectivity index (χ0v) is 22.1. The van der Waals surface area contributed by atoms with Gasteiger partial charge in [-0.25, -0.2) is 4.52 Å². The van der Waals surface area contributed by atoms with E-state index in [0.29, 0.717) is 0 Å². The van der Waals surface area contributed by atoms with Gasteiger partial charge in [0.15, 0.2) is 0 Å². The summed E-state index contributed by atoms with van der Waals surface area (Å²) in [5, 5.41) is 7.32. The zero-order chi connectivity index (χ0) is 25.8. The molecule has 0 amide bonds. The lowest BCUT2D eigenvalue weighted by molar-refractivity contribution is 0.661. The molecule has 0 atom stereocenters. The van der Waals surface area contributed by atoms with Crippen LogP contribution in [0.4, 0.5) is 0 Å². The highest BCUT2D eigenvalue weighted by atomic mass is 32.1. The van der Waals surface area contributed by atoms with Gasteiger partial charge >= 0.3 is 0 Å². The van der Waals surface area contributed by atoms with E-state index in [0.717, 1.165) is 32.5 Å². The van der Waals surface area contributed by atoms with Gasteiger partial charge < -0.3 is 4.57 Å². The van der Waals surface area contributed by atoms with Gasteiger partial charge in [-0.15, -0.1) is 11.3 Å². The van der Waals surface area contributed by atoms with Gasteiger partial charge in [-0.05, 0) is 52.6 Å². The van der Waals surface area contributed by atoms with Crippen LogP contribution in [0.25, 0.3) is 66.5 Å². The van der Waals surface area contributed by atoms with E-state index in [9.17, 15) is 0 Å². The van der Waals surface area contributed by atoms with E-state index in [2.05, 4.69) is 104 Å². The van der Waals surface area contributed by atoms with Crippen molar-refractivity contribution in [1.82, 2.24) is 14.2 Å². The molecule has 0 saturated carbocycles. The zero-order valence-electron chi connectivity index (χ0n) is 21.3. The molecule has 4 aromatic heterocycles. The molecule has 4 heteroatoms. The largest absolute Gasteiger partial charge is 0.306 e. The number of aromatic nitrogens is 3. The topological polar surface area (TPSA) is 22.2 Å². The molecule has 0 saturated heterocycles. The second kappa shape index (κ2) is 7.33. The van der Waals surface area contributed by atoms with Crippen molar-refractivity contribution in [2.24, 2.45) is 0 Å². The van der Waals surface area contributed by atoms with Crippen LogP contribution in [0.3, 0.4) is 0 Å². The number of pyridine rings is 1. The maximum absolute atomic E-state index is 4.89. The third kappa shape index (κ3) is 2.60. The van der Waals surface area contributed by atoms with Gasteiger partial charge in [0.2, 0.25) is 0 Å². The number of hydrogen-bond acceptors (Lipinski definition) is 2. The van der Waals surface area contributed by atoms with Gasteiger partial charge in [0.25, 0.3) is 0 Å². The Morgan fingerprint density at radius 3 is 2.47 bits per heavy atom. The van der Waals surface area contributed by atoms with Crippen molar-refractivity contribution in [2.75, 3.05) is 0 Å². The third-order valence-corrected chi connectivity index (χ3v) is 9.54. The van der Waals surface area contributed by atoms with Crippen LogP contribution in [0, 0.1) is 0 Å². The molecule has 0 unspecified atom stereocenters. The summed E-state index contributed by atoms with van der Waals surface area (Å²) in [5.74, 6) is 0. The Hall–Kier alpha value is -4.41. The van der Waals surface area contributed by atoms with Crippen LogP contribution >= 0.6 is 11.3 Å². The van der Waals surface area contributed by atoms with E-state index in [1.54, 1.807) is 11.3 Å². The van der Waals surface area contributed by atoms with Crippen molar-refractivity contribution < 1.29 is 0 Å².